The molecule has 0 aliphatic rings. The summed E-state index contributed by atoms with van der Waals surface area (Å²) < 4.78 is 11.4. The fourth-order valence-electron chi connectivity index (χ4n) is 1.75. The molecule has 1 heterocycles. The molecule has 0 spiro atoms. The molecule has 1 aromatic heterocycles. The lowest BCUT2D eigenvalue weighted by atomic mass is 10.2. The third-order valence-corrected chi connectivity index (χ3v) is 3.47. The van der Waals surface area contributed by atoms with Crippen LogP contribution >= 0.6 is 11.8 Å². The second-order valence-electron chi connectivity index (χ2n) is 3.96. The van der Waals surface area contributed by atoms with Crippen molar-refractivity contribution in [2.24, 2.45) is 5.73 Å². The van der Waals surface area contributed by atoms with Gasteiger partial charge < -0.3 is 14.9 Å². The first-order chi connectivity index (χ1) is 8.74. The number of hydrogen-bond donors (Lipinski definition) is 1. The number of para-hydroxylation sites is 1. The van der Waals surface area contributed by atoms with Gasteiger partial charge in [0.1, 0.15) is 23.9 Å². The lowest BCUT2D eigenvalue weighted by molar-refractivity contribution is 0.260. The number of ether oxygens (including phenoxy) is 1. The molecule has 0 atom stereocenters. The Morgan fingerprint density at radius 2 is 2.11 bits per heavy atom. The quantitative estimate of drug-likeness (QED) is 0.840. The first-order valence-electron chi connectivity index (χ1n) is 5.78. The highest BCUT2D eigenvalue weighted by atomic mass is 32.2. The first-order valence-corrected chi connectivity index (χ1v) is 7.01. The van der Waals surface area contributed by atoms with Crippen molar-refractivity contribution in [1.29, 1.82) is 0 Å². The predicted molar refractivity (Wildman–Crippen MR) is 73.9 cm³/mol. The summed E-state index contributed by atoms with van der Waals surface area (Å²) in [5, 5.41) is 0. The van der Waals surface area contributed by atoms with E-state index in [2.05, 4.69) is 0 Å². The molecular weight excluding hydrogens is 246 g/mol. The van der Waals surface area contributed by atoms with Crippen molar-refractivity contribution in [3.05, 3.63) is 47.4 Å². The van der Waals surface area contributed by atoms with Crippen molar-refractivity contribution in [2.75, 3.05) is 6.26 Å². The highest BCUT2D eigenvalue weighted by molar-refractivity contribution is 7.98. The molecule has 4 heteroatoms. The van der Waals surface area contributed by atoms with Crippen LogP contribution in [0.3, 0.4) is 0 Å². The molecule has 0 unspecified atom stereocenters. The van der Waals surface area contributed by atoms with Gasteiger partial charge in [-0.05, 0) is 36.9 Å². The number of rotatable bonds is 5. The Morgan fingerprint density at radius 3 is 2.78 bits per heavy atom. The van der Waals surface area contributed by atoms with E-state index in [-0.39, 0.29) is 0 Å². The summed E-state index contributed by atoms with van der Waals surface area (Å²) in [6.45, 7) is 2.84. The van der Waals surface area contributed by atoms with Gasteiger partial charge >= 0.3 is 0 Å². The SMILES string of the molecule is CSc1ccccc1OCc1cc(C)c(CN)o1. The van der Waals surface area contributed by atoms with Crippen molar-refractivity contribution >= 4 is 11.8 Å². The Hall–Kier alpha value is -1.39. The summed E-state index contributed by atoms with van der Waals surface area (Å²) in [5.74, 6) is 2.52. The number of thioether (sulfide) groups is 1. The van der Waals surface area contributed by atoms with E-state index in [0.717, 1.165) is 27.7 Å². The summed E-state index contributed by atoms with van der Waals surface area (Å²) >= 11 is 1.67. The lowest BCUT2D eigenvalue weighted by Crippen LogP contribution is -1.96. The molecule has 2 N–H and O–H groups in total. The van der Waals surface area contributed by atoms with Gasteiger partial charge in [-0.15, -0.1) is 11.8 Å². The molecular formula is C14H17NO2S. The zero-order valence-corrected chi connectivity index (χ0v) is 11.4. The average molecular weight is 263 g/mol. The maximum atomic E-state index is 5.77. The minimum atomic E-state index is 0.424. The van der Waals surface area contributed by atoms with Gasteiger partial charge in [0.15, 0.2) is 0 Å². The van der Waals surface area contributed by atoms with E-state index in [1.165, 1.54) is 0 Å². The second kappa shape index (κ2) is 5.98. The van der Waals surface area contributed by atoms with Crippen LogP contribution < -0.4 is 10.5 Å². The highest BCUT2D eigenvalue weighted by Gasteiger charge is 2.08. The predicted octanol–water partition coefficient (Wildman–Crippen LogP) is 3.35. The van der Waals surface area contributed by atoms with E-state index in [1.807, 2.05) is 43.5 Å². The van der Waals surface area contributed by atoms with Crippen molar-refractivity contribution in [3.8, 4) is 5.75 Å². The number of hydrogen-bond acceptors (Lipinski definition) is 4. The average Bonchev–Trinajstić information content (AvgIpc) is 2.77. The standard InChI is InChI=1S/C14H17NO2S/c1-10-7-11(17-13(10)8-15)9-16-12-5-3-4-6-14(12)18-2/h3-7H,8-9,15H2,1-2H3. The van der Waals surface area contributed by atoms with E-state index in [1.54, 1.807) is 11.8 Å². The number of aryl methyl sites for hydroxylation is 1. The van der Waals surface area contributed by atoms with Crippen LogP contribution in [0.4, 0.5) is 0 Å². The third-order valence-electron chi connectivity index (χ3n) is 2.70. The maximum Gasteiger partial charge on any atom is 0.146 e. The van der Waals surface area contributed by atoms with Gasteiger partial charge in [0.05, 0.1) is 6.54 Å². The van der Waals surface area contributed by atoms with Crippen LogP contribution in [0.2, 0.25) is 0 Å². The highest BCUT2D eigenvalue weighted by Crippen LogP contribution is 2.28. The van der Waals surface area contributed by atoms with Crippen molar-refractivity contribution < 1.29 is 9.15 Å². The summed E-state index contributed by atoms with van der Waals surface area (Å²) in [6, 6.07) is 9.95. The molecule has 2 rings (SSSR count). The Balaban J connectivity index is 2.06. The normalized spacial score (nSPS) is 10.6. The van der Waals surface area contributed by atoms with Crippen LogP contribution in [0.1, 0.15) is 17.1 Å². The molecule has 0 radical (unpaired) electrons. The fourth-order valence-corrected chi connectivity index (χ4v) is 2.29. The maximum absolute atomic E-state index is 5.77. The van der Waals surface area contributed by atoms with Crippen LogP contribution in [0.15, 0.2) is 39.6 Å². The van der Waals surface area contributed by atoms with Crippen LogP contribution in [-0.4, -0.2) is 6.26 Å². The third kappa shape index (κ3) is 2.89. The van der Waals surface area contributed by atoms with E-state index in [0.29, 0.717) is 13.2 Å². The number of benzene rings is 1. The van der Waals surface area contributed by atoms with Crippen molar-refractivity contribution in [3.63, 3.8) is 0 Å². The van der Waals surface area contributed by atoms with E-state index >= 15 is 0 Å². The zero-order valence-electron chi connectivity index (χ0n) is 10.6. The largest absolute Gasteiger partial charge is 0.484 e. The van der Waals surface area contributed by atoms with Gasteiger partial charge in [0, 0.05) is 4.90 Å². The molecule has 0 saturated carbocycles. The van der Waals surface area contributed by atoms with E-state index in [9.17, 15) is 0 Å². The van der Waals surface area contributed by atoms with Crippen LogP contribution in [0.5, 0.6) is 5.75 Å². The monoisotopic (exact) mass is 263 g/mol. The zero-order chi connectivity index (χ0) is 13.0. The molecule has 96 valence electrons. The van der Waals surface area contributed by atoms with Crippen LogP contribution in [0.25, 0.3) is 0 Å². The summed E-state index contributed by atoms with van der Waals surface area (Å²) in [4.78, 5) is 1.12. The molecule has 0 aliphatic carbocycles. The molecule has 0 amide bonds. The van der Waals surface area contributed by atoms with Gasteiger partial charge in [-0.1, -0.05) is 12.1 Å². The van der Waals surface area contributed by atoms with E-state index in [4.69, 9.17) is 14.9 Å². The minimum Gasteiger partial charge on any atom is -0.484 e. The molecule has 0 aliphatic heterocycles. The van der Waals surface area contributed by atoms with Crippen LogP contribution in [0, 0.1) is 6.92 Å². The second-order valence-corrected chi connectivity index (χ2v) is 4.81. The Kier molecular flexibility index (Phi) is 4.33. The topological polar surface area (TPSA) is 48.4 Å². The van der Waals surface area contributed by atoms with Gasteiger partial charge in [-0.2, -0.15) is 0 Å². The van der Waals surface area contributed by atoms with Gasteiger partial charge in [0.25, 0.3) is 0 Å². The van der Waals surface area contributed by atoms with Gasteiger partial charge in [-0.3, -0.25) is 0 Å². The number of furan rings is 1. The lowest BCUT2D eigenvalue weighted by Gasteiger charge is -2.08. The van der Waals surface area contributed by atoms with Crippen LogP contribution in [-0.2, 0) is 13.2 Å². The van der Waals surface area contributed by atoms with Gasteiger partial charge in [0.2, 0.25) is 0 Å². The number of nitrogens with two attached hydrogens (primary N) is 1. The molecule has 2 aromatic rings. The fraction of sp³-hybridized carbons (Fsp3) is 0.286. The Morgan fingerprint density at radius 1 is 1.33 bits per heavy atom. The molecule has 0 fully saturated rings. The Labute approximate surface area is 111 Å². The molecule has 18 heavy (non-hydrogen) atoms. The molecule has 0 saturated heterocycles. The molecule has 3 nitrogen and oxygen atoms in total. The summed E-state index contributed by atoms with van der Waals surface area (Å²) in [6.07, 6.45) is 2.03. The first kappa shape index (κ1) is 13.1. The van der Waals surface area contributed by atoms with Crippen molar-refractivity contribution in [1.82, 2.24) is 0 Å². The van der Waals surface area contributed by atoms with E-state index < -0.39 is 0 Å². The summed E-state index contributed by atoms with van der Waals surface area (Å²) in [5.41, 5.74) is 6.66. The smallest absolute Gasteiger partial charge is 0.146 e. The summed E-state index contributed by atoms with van der Waals surface area (Å²) in [7, 11) is 0. The molecule has 0 bridgehead atoms. The molecule has 1 aromatic carbocycles. The van der Waals surface area contributed by atoms with Crippen molar-refractivity contribution in [2.45, 2.75) is 25.0 Å². The Bertz CT molecular complexity index is 522. The minimum absolute atomic E-state index is 0.424. The van der Waals surface area contributed by atoms with Gasteiger partial charge in [-0.25, -0.2) is 0 Å².